The van der Waals surface area contributed by atoms with Gasteiger partial charge in [0.15, 0.2) is 0 Å². The van der Waals surface area contributed by atoms with Gasteiger partial charge in [-0.25, -0.2) is 0 Å². The first-order valence-corrected chi connectivity index (χ1v) is 6.41. The van der Waals surface area contributed by atoms with Crippen molar-refractivity contribution in [3.05, 3.63) is 29.3 Å². The van der Waals surface area contributed by atoms with Gasteiger partial charge >= 0.3 is 0 Å². The van der Waals surface area contributed by atoms with E-state index < -0.39 is 29.2 Å². The van der Waals surface area contributed by atoms with Crippen LogP contribution in [0.15, 0.2) is 18.2 Å². The molecule has 2 N–H and O–H groups in total. The van der Waals surface area contributed by atoms with Crippen LogP contribution < -0.4 is 5.32 Å². The number of hydrogen-bond donors (Lipinski definition) is 2. The van der Waals surface area contributed by atoms with Gasteiger partial charge in [-0.15, -0.1) is 0 Å². The van der Waals surface area contributed by atoms with Crippen LogP contribution >= 0.6 is 0 Å². The van der Waals surface area contributed by atoms with Crippen LogP contribution in [0.2, 0.25) is 0 Å². The van der Waals surface area contributed by atoms with Crippen molar-refractivity contribution < 1.29 is 24.3 Å². The molecule has 0 spiro atoms. The molecule has 1 aromatic carbocycles. The minimum atomic E-state index is -1.44. The number of amides is 4. The average molecular weight is 288 g/mol. The Labute approximate surface area is 119 Å². The van der Waals surface area contributed by atoms with E-state index in [1.807, 2.05) is 0 Å². The molecule has 1 saturated heterocycles. The zero-order chi connectivity index (χ0) is 15.4. The zero-order valence-corrected chi connectivity index (χ0v) is 11.2. The SMILES string of the molecule is C[C@@]1(N2C(=O)c3cccc(O)c3C2=O)CCC(=O)NC1=O. The molecule has 108 valence electrons. The number of nitrogens with one attached hydrogen (secondary N) is 1. The van der Waals surface area contributed by atoms with E-state index in [9.17, 15) is 24.3 Å². The third-order valence-corrected chi connectivity index (χ3v) is 3.97. The molecule has 2 aliphatic rings. The van der Waals surface area contributed by atoms with Crippen molar-refractivity contribution in [2.45, 2.75) is 25.3 Å². The number of aromatic hydroxyl groups is 1. The van der Waals surface area contributed by atoms with Crippen LogP contribution in [0.5, 0.6) is 5.75 Å². The average Bonchev–Trinajstić information content (AvgIpc) is 2.68. The van der Waals surface area contributed by atoms with E-state index in [0.29, 0.717) is 0 Å². The maximum absolute atomic E-state index is 12.4. The van der Waals surface area contributed by atoms with Gasteiger partial charge in [0, 0.05) is 6.42 Å². The fourth-order valence-corrected chi connectivity index (χ4v) is 2.72. The van der Waals surface area contributed by atoms with Crippen LogP contribution in [0.4, 0.5) is 0 Å². The summed E-state index contributed by atoms with van der Waals surface area (Å²) in [6.07, 6.45) is 0.103. The molecule has 1 aromatic rings. The quantitative estimate of drug-likeness (QED) is 0.718. The van der Waals surface area contributed by atoms with Crippen LogP contribution in [0.3, 0.4) is 0 Å². The number of carbonyl (C=O) groups excluding carboxylic acids is 4. The third kappa shape index (κ3) is 1.67. The fraction of sp³-hybridized carbons (Fsp3) is 0.286. The second-order valence-corrected chi connectivity index (χ2v) is 5.30. The number of rotatable bonds is 1. The van der Waals surface area contributed by atoms with E-state index in [-0.39, 0.29) is 29.7 Å². The highest BCUT2D eigenvalue weighted by atomic mass is 16.3. The number of phenols is 1. The number of carbonyl (C=O) groups is 4. The molecular weight excluding hydrogens is 276 g/mol. The molecule has 0 aromatic heterocycles. The van der Waals surface area contributed by atoms with Crippen LogP contribution in [0.1, 0.15) is 40.5 Å². The standard InChI is InChI=1S/C14H12N2O5/c1-14(6-5-9(18)15-13(14)21)16-11(19)7-3-2-4-8(17)10(7)12(16)20/h2-4,17H,5-6H2,1H3,(H,15,18,21)/t14-/m1/s1. The number of imide groups is 2. The van der Waals surface area contributed by atoms with Crippen molar-refractivity contribution >= 4 is 23.6 Å². The largest absolute Gasteiger partial charge is 0.507 e. The van der Waals surface area contributed by atoms with Crippen LogP contribution in [-0.4, -0.2) is 39.2 Å². The molecule has 21 heavy (non-hydrogen) atoms. The Morgan fingerprint density at radius 2 is 1.90 bits per heavy atom. The normalized spacial score (nSPS) is 25.1. The zero-order valence-electron chi connectivity index (χ0n) is 11.2. The van der Waals surface area contributed by atoms with E-state index in [4.69, 9.17) is 0 Å². The highest BCUT2D eigenvalue weighted by molar-refractivity contribution is 6.25. The van der Waals surface area contributed by atoms with E-state index in [2.05, 4.69) is 5.32 Å². The second-order valence-electron chi connectivity index (χ2n) is 5.30. The first-order chi connectivity index (χ1) is 9.86. The highest BCUT2D eigenvalue weighted by Crippen LogP contribution is 2.37. The molecule has 0 aliphatic carbocycles. The van der Waals surface area contributed by atoms with Gasteiger partial charge < -0.3 is 5.11 Å². The summed E-state index contributed by atoms with van der Waals surface area (Å²) >= 11 is 0. The summed E-state index contributed by atoms with van der Waals surface area (Å²) in [5, 5.41) is 11.9. The molecule has 2 aliphatic heterocycles. The van der Waals surface area contributed by atoms with Crippen LogP contribution in [0.25, 0.3) is 0 Å². The maximum atomic E-state index is 12.4. The Balaban J connectivity index is 2.08. The molecule has 1 fully saturated rings. The lowest BCUT2D eigenvalue weighted by atomic mass is 9.89. The molecule has 7 nitrogen and oxygen atoms in total. The molecule has 7 heteroatoms. The number of hydrogen-bond acceptors (Lipinski definition) is 5. The lowest BCUT2D eigenvalue weighted by Crippen LogP contribution is -2.62. The topological polar surface area (TPSA) is 104 Å². The number of phenolic OH excluding ortho intramolecular Hbond substituents is 1. The van der Waals surface area contributed by atoms with Gasteiger partial charge in [-0.1, -0.05) is 6.07 Å². The van der Waals surface area contributed by atoms with Crippen LogP contribution in [0, 0.1) is 0 Å². The number of fused-ring (bicyclic) bond motifs is 1. The van der Waals surface area contributed by atoms with Gasteiger partial charge in [0.05, 0.1) is 11.1 Å². The van der Waals surface area contributed by atoms with Crippen molar-refractivity contribution in [2.24, 2.45) is 0 Å². The first kappa shape index (κ1) is 13.3. The Hall–Kier alpha value is -2.70. The van der Waals surface area contributed by atoms with E-state index >= 15 is 0 Å². The summed E-state index contributed by atoms with van der Waals surface area (Å²) in [5.41, 5.74) is -1.48. The van der Waals surface area contributed by atoms with Crippen LogP contribution in [-0.2, 0) is 9.59 Å². The summed E-state index contributed by atoms with van der Waals surface area (Å²) in [6, 6.07) is 4.18. The van der Waals surface area contributed by atoms with Crippen molar-refractivity contribution in [2.75, 3.05) is 0 Å². The third-order valence-electron chi connectivity index (χ3n) is 3.97. The Morgan fingerprint density at radius 3 is 2.52 bits per heavy atom. The minimum absolute atomic E-state index is 0.0433. The van der Waals surface area contributed by atoms with Crippen molar-refractivity contribution in [1.29, 1.82) is 0 Å². The molecule has 3 rings (SSSR count). The molecular formula is C14H12N2O5. The van der Waals surface area contributed by atoms with Crippen molar-refractivity contribution in [3.8, 4) is 5.75 Å². The number of piperidine rings is 1. The molecule has 2 heterocycles. The molecule has 0 saturated carbocycles. The highest BCUT2D eigenvalue weighted by Gasteiger charge is 2.53. The summed E-state index contributed by atoms with van der Waals surface area (Å²) in [5.74, 6) is -2.79. The monoisotopic (exact) mass is 288 g/mol. The molecule has 4 amide bonds. The predicted octanol–water partition coefficient (Wildman–Crippen LogP) is 0.183. The smallest absolute Gasteiger partial charge is 0.266 e. The van der Waals surface area contributed by atoms with Gasteiger partial charge in [0.2, 0.25) is 5.91 Å². The lowest BCUT2D eigenvalue weighted by molar-refractivity contribution is -0.140. The van der Waals surface area contributed by atoms with E-state index in [1.165, 1.54) is 25.1 Å². The summed E-state index contributed by atoms with van der Waals surface area (Å²) in [7, 11) is 0. The predicted molar refractivity (Wildman–Crippen MR) is 69.4 cm³/mol. The van der Waals surface area contributed by atoms with Crippen molar-refractivity contribution in [1.82, 2.24) is 10.2 Å². The Morgan fingerprint density at radius 1 is 1.19 bits per heavy atom. The van der Waals surface area contributed by atoms with Gasteiger partial charge in [-0.2, -0.15) is 0 Å². The Kier molecular flexibility index (Phi) is 2.62. The fourth-order valence-electron chi connectivity index (χ4n) is 2.72. The molecule has 0 unspecified atom stereocenters. The second kappa shape index (κ2) is 4.15. The van der Waals surface area contributed by atoms with Gasteiger partial charge in [-0.3, -0.25) is 29.4 Å². The van der Waals surface area contributed by atoms with Gasteiger partial charge in [0.1, 0.15) is 11.3 Å². The van der Waals surface area contributed by atoms with Crippen molar-refractivity contribution in [3.63, 3.8) is 0 Å². The Bertz CT molecular complexity index is 711. The molecule has 0 radical (unpaired) electrons. The summed E-state index contributed by atoms with van der Waals surface area (Å²) in [4.78, 5) is 49.0. The molecule has 0 bridgehead atoms. The number of nitrogens with zero attached hydrogens (tertiary/aromatic N) is 1. The maximum Gasteiger partial charge on any atom is 0.266 e. The van der Waals surface area contributed by atoms with Gasteiger partial charge in [-0.05, 0) is 25.5 Å². The minimum Gasteiger partial charge on any atom is -0.507 e. The first-order valence-electron chi connectivity index (χ1n) is 6.41. The lowest BCUT2D eigenvalue weighted by Gasteiger charge is -2.38. The molecule has 1 atom stereocenters. The van der Waals surface area contributed by atoms with E-state index in [1.54, 1.807) is 0 Å². The van der Waals surface area contributed by atoms with Gasteiger partial charge in [0.25, 0.3) is 17.7 Å². The summed E-state index contributed by atoms with van der Waals surface area (Å²) in [6.45, 7) is 1.44. The summed E-state index contributed by atoms with van der Waals surface area (Å²) < 4.78 is 0. The van der Waals surface area contributed by atoms with E-state index in [0.717, 1.165) is 4.90 Å². The number of benzene rings is 1.